The number of pyridine rings is 1. The zero-order valence-corrected chi connectivity index (χ0v) is 22.3. The van der Waals surface area contributed by atoms with Crippen molar-refractivity contribution in [2.75, 3.05) is 6.54 Å². The number of likely N-dealkylation sites (tertiary alicyclic amines) is 1. The Labute approximate surface area is 232 Å². The Bertz CT molecular complexity index is 1380. The molecule has 9 nitrogen and oxygen atoms in total. The van der Waals surface area contributed by atoms with Crippen molar-refractivity contribution in [1.29, 1.82) is 5.26 Å². The Morgan fingerprint density at radius 2 is 1.95 bits per heavy atom. The highest BCUT2D eigenvalue weighted by Gasteiger charge is 2.29. The lowest BCUT2D eigenvalue weighted by atomic mass is 9.76. The number of aromatic nitrogens is 1. The van der Waals surface area contributed by atoms with Crippen molar-refractivity contribution in [2.24, 2.45) is 0 Å². The topological polar surface area (TPSA) is 136 Å². The first-order valence-electron chi connectivity index (χ1n) is 12.6. The standard InChI is InChI=1S/C28H29BClN3O6/c1-18-21(5-4-6-23(18)29(36)37)17-39-27-11-26(38-16-20-9-19(12-31)13-32-14-20)22(10-24(27)30)15-33-8-3-2-7-25(33)28(34)35/h4-6,9-11,13-14,25,36-37H,2-3,7-8,15-17H2,1H3,(H,34,35). The fourth-order valence-corrected chi connectivity index (χ4v) is 4.95. The van der Waals surface area contributed by atoms with E-state index in [1.807, 2.05) is 11.0 Å². The molecule has 0 aliphatic carbocycles. The van der Waals surface area contributed by atoms with Gasteiger partial charge in [-0.25, -0.2) is 0 Å². The molecule has 4 rings (SSSR count). The summed E-state index contributed by atoms with van der Waals surface area (Å²) in [7, 11) is -1.59. The monoisotopic (exact) mass is 549 g/mol. The molecule has 0 radical (unpaired) electrons. The van der Waals surface area contributed by atoms with Gasteiger partial charge in [-0.1, -0.05) is 36.2 Å². The molecule has 3 N–H and O–H groups in total. The molecule has 2 heterocycles. The first-order valence-corrected chi connectivity index (χ1v) is 13.0. The Hall–Kier alpha value is -3.62. The molecule has 2 aromatic carbocycles. The van der Waals surface area contributed by atoms with Gasteiger partial charge in [0.05, 0.1) is 10.6 Å². The van der Waals surface area contributed by atoms with E-state index < -0.39 is 19.1 Å². The van der Waals surface area contributed by atoms with Gasteiger partial charge in [-0.3, -0.25) is 14.7 Å². The Kier molecular flexibility index (Phi) is 9.43. The number of carbonyl (C=O) groups is 1. The van der Waals surface area contributed by atoms with Gasteiger partial charge in [-0.15, -0.1) is 0 Å². The number of halogens is 1. The molecule has 11 heteroatoms. The number of piperidine rings is 1. The summed E-state index contributed by atoms with van der Waals surface area (Å²) < 4.78 is 12.2. The van der Waals surface area contributed by atoms with Crippen LogP contribution in [0.25, 0.3) is 0 Å². The predicted octanol–water partition coefficient (Wildman–Crippen LogP) is 3.19. The molecule has 202 valence electrons. The fraction of sp³-hybridized carbons (Fsp3) is 0.321. The maximum Gasteiger partial charge on any atom is 0.488 e. The van der Waals surface area contributed by atoms with Gasteiger partial charge < -0.3 is 24.6 Å². The SMILES string of the molecule is Cc1c(COc2cc(OCc3cncc(C#N)c3)c(CN3CCCCC3C(=O)O)cc2Cl)cccc1B(O)O. The van der Waals surface area contributed by atoms with Crippen LogP contribution in [0.2, 0.25) is 5.02 Å². The van der Waals surface area contributed by atoms with Crippen molar-refractivity contribution in [3.05, 3.63) is 81.6 Å². The van der Waals surface area contributed by atoms with Gasteiger partial charge in [0.1, 0.15) is 36.8 Å². The van der Waals surface area contributed by atoms with E-state index >= 15 is 0 Å². The van der Waals surface area contributed by atoms with Gasteiger partial charge in [-0.2, -0.15) is 5.26 Å². The predicted molar refractivity (Wildman–Crippen MR) is 146 cm³/mol. The van der Waals surface area contributed by atoms with E-state index in [9.17, 15) is 25.2 Å². The van der Waals surface area contributed by atoms with Gasteiger partial charge in [0.2, 0.25) is 0 Å². The number of hydrogen-bond donors (Lipinski definition) is 3. The van der Waals surface area contributed by atoms with Crippen LogP contribution < -0.4 is 14.9 Å². The maximum atomic E-state index is 11.9. The number of aliphatic carboxylic acids is 1. The van der Waals surface area contributed by atoms with Crippen molar-refractivity contribution < 1.29 is 29.4 Å². The average molecular weight is 550 g/mol. The molecule has 1 fully saturated rings. The van der Waals surface area contributed by atoms with E-state index in [1.54, 1.807) is 43.5 Å². The molecule has 0 saturated carbocycles. The smallest absolute Gasteiger partial charge is 0.488 e. The lowest BCUT2D eigenvalue weighted by Gasteiger charge is -2.33. The largest absolute Gasteiger partial charge is 0.488 e. The van der Waals surface area contributed by atoms with Crippen LogP contribution in [0.5, 0.6) is 11.5 Å². The van der Waals surface area contributed by atoms with E-state index in [0.29, 0.717) is 63.7 Å². The number of carboxylic acid groups (broad SMARTS) is 1. The van der Waals surface area contributed by atoms with Crippen LogP contribution in [0.1, 0.15) is 47.1 Å². The molecule has 1 aliphatic rings. The van der Waals surface area contributed by atoms with Crippen LogP contribution in [0.15, 0.2) is 48.8 Å². The zero-order chi connectivity index (χ0) is 27.9. The summed E-state index contributed by atoms with van der Waals surface area (Å²) >= 11 is 6.62. The highest BCUT2D eigenvalue weighted by atomic mass is 35.5. The molecular weight excluding hydrogens is 521 g/mol. The molecule has 1 unspecified atom stereocenters. The quantitative estimate of drug-likeness (QED) is 0.326. The second-order valence-corrected chi connectivity index (χ2v) is 9.89. The Morgan fingerprint density at radius 1 is 1.15 bits per heavy atom. The molecule has 1 saturated heterocycles. The Balaban J connectivity index is 1.61. The van der Waals surface area contributed by atoms with Crippen LogP contribution in [0.3, 0.4) is 0 Å². The molecule has 1 aromatic heterocycles. The number of nitrogens with zero attached hydrogens (tertiary/aromatic N) is 3. The highest BCUT2D eigenvalue weighted by Crippen LogP contribution is 2.35. The van der Waals surface area contributed by atoms with Crippen molar-refractivity contribution in [3.63, 3.8) is 0 Å². The minimum absolute atomic E-state index is 0.131. The molecule has 0 bridgehead atoms. The molecule has 3 aromatic rings. The average Bonchev–Trinajstić information content (AvgIpc) is 2.92. The lowest BCUT2D eigenvalue weighted by molar-refractivity contribution is -0.144. The van der Waals surface area contributed by atoms with Crippen LogP contribution >= 0.6 is 11.6 Å². The molecule has 1 aliphatic heterocycles. The van der Waals surface area contributed by atoms with Crippen molar-refractivity contribution in [3.8, 4) is 17.6 Å². The lowest BCUT2D eigenvalue weighted by Crippen LogP contribution is -2.44. The van der Waals surface area contributed by atoms with Crippen LogP contribution in [0, 0.1) is 18.3 Å². The van der Waals surface area contributed by atoms with Crippen LogP contribution in [0.4, 0.5) is 0 Å². The highest BCUT2D eigenvalue weighted by molar-refractivity contribution is 6.59. The van der Waals surface area contributed by atoms with E-state index in [-0.39, 0.29) is 13.2 Å². The van der Waals surface area contributed by atoms with E-state index in [2.05, 4.69) is 11.1 Å². The minimum Gasteiger partial charge on any atom is -0.488 e. The summed E-state index contributed by atoms with van der Waals surface area (Å²) in [6.07, 6.45) is 5.43. The third kappa shape index (κ3) is 7.08. The van der Waals surface area contributed by atoms with Gasteiger partial charge in [-0.05, 0) is 55.0 Å². The first kappa shape index (κ1) is 28.4. The zero-order valence-electron chi connectivity index (χ0n) is 21.5. The molecular formula is C28H29BClN3O6. The van der Waals surface area contributed by atoms with Gasteiger partial charge in [0.15, 0.2) is 0 Å². The summed E-state index contributed by atoms with van der Waals surface area (Å²) in [5, 5.41) is 38.5. The van der Waals surface area contributed by atoms with Crippen molar-refractivity contribution in [1.82, 2.24) is 9.88 Å². The molecule has 0 amide bonds. The first-order chi connectivity index (χ1) is 18.8. The number of nitriles is 1. The summed E-state index contributed by atoms with van der Waals surface area (Å²) in [6.45, 7) is 3.03. The van der Waals surface area contributed by atoms with Crippen molar-refractivity contribution in [2.45, 2.75) is 52.0 Å². The number of rotatable bonds is 10. The number of benzene rings is 2. The summed E-state index contributed by atoms with van der Waals surface area (Å²) in [4.78, 5) is 17.9. The van der Waals surface area contributed by atoms with Crippen molar-refractivity contribution >= 4 is 30.2 Å². The van der Waals surface area contributed by atoms with E-state index in [1.165, 1.54) is 6.20 Å². The summed E-state index contributed by atoms with van der Waals surface area (Å²) in [6, 6.07) is 11.8. The van der Waals surface area contributed by atoms with Crippen LogP contribution in [-0.4, -0.2) is 50.7 Å². The van der Waals surface area contributed by atoms with Gasteiger partial charge >= 0.3 is 13.1 Å². The number of ether oxygens (including phenoxy) is 2. The Morgan fingerprint density at radius 3 is 2.69 bits per heavy atom. The number of carboxylic acids is 1. The fourth-order valence-electron chi connectivity index (χ4n) is 4.71. The molecule has 0 spiro atoms. The van der Waals surface area contributed by atoms with E-state index in [0.717, 1.165) is 18.4 Å². The third-order valence-corrected chi connectivity index (χ3v) is 7.15. The summed E-state index contributed by atoms with van der Waals surface area (Å²) in [5.41, 5.74) is 3.69. The normalized spacial score (nSPS) is 15.4. The maximum absolute atomic E-state index is 11.9. The second-order valence-electron chi connectivity index (χ2n) is 9.49. The molecule has 39 heavy (non-hydrogen) atoms. The number of hydrogen-bond acceptors (Lipinski definition) is 8. The minimum atomic E-state index is -1.59. The van der Waals surface area contributed by atoms with Crippen LogP contribution in [-0.2, 0) is 24.6 Å². The third-order valence-electron chi connectivity index (χ3n) is 6.85. The summed E-state index contributed by atoms with van der Waals surface area (Å²) in [5.74, 6) is -0.0157. The van der Waals surface area contributed by atoms with E-state index in [4.69, 9.17) is 21.1 Å². The van der Waals surface area contributed by atoms with Gasteiger partial charge in [0.25, 0.3) is 0 Å². The second kappa shape index (κ2) is 13.0. The molecule has 1 atom stereocenters. The van der Waals surface area contributed by atoms with Gasteiger partial charge in [0, 0.05) is 36.1 Å².